The molecule has 5 heteroatoms. The Morgan fingerprint density at radius 3 is 3.00 bits per heavy atom. The average Bonchev–Trinajstić information content (AvgIpc) is 2.27. The predicted octanol–water partition coefficient (Wildman–Crippen LogP) is 1.71. The zero-order chi connectivity index (χ0) is 11.8. The first-order chi connectivity index (χ1) is 7.76. The third kappa shape index (κ3) is 4.44. The molecule has 1 aromatic heterocycles. The Labute approximate surface area is 96.2 Å². The molecule has 1 unspecified atom stereocenters. The lowest BCUT2D eigenvalue weighted by Gasteiger charge is -2.13. The number of ether oxygens (including phenoxy) is 2. The second-order valence-electron chi connectivity index (χ2n) is 3.48. The van der Waals surface area contributed by atoms with Crippen LogP contribution in [0.1, 0.15) is 20.3 Å². The van der Waals surface area contributed by atoms with Gasteiger partial charge in [0.25, 0.3) is 0 Å². The van der Waals surface area contributed by atoms with Crippen LogP contribution in [0.5, 0.6) is 5.88 Å². The van der Waals surface area contributed by atoms with E-state index < -0.39 is 0 Å². The van der Waals surface area contributed by atoms with Crippen molar-refractivity contribution in [2.24, 2.45) is 0 Å². The van der Waals surface area contributed by atoms with Gasteiger partial charge in [-0.05, 0) is 20.3 Å². The summed E-state index contributed by atoms with van der Waals surface area (Å²) in [5.74, 6) is 1.19. The second-order valence-corrected chi connectivity index (χ2v) is 3.48. The molecule has 0 saturated carbocycles. The van der Waals surface area contributed by atoms with Crippen LogP contribution in [-0.2, 0) is 4.74 Å². The predicted molar refractivity (Wildman–Crippen MR) is 62.8 cm³/mol. The number of methoxy groups -OCH3 is 1. The molecule has 1 aromatic rings. The average molecular weight is 225 g/mol. The molecule has 0 fully saturated rings. The second kappa shape index (κ2) is 7.00. The van der Waals surface area contributed by atoms with E-state index in [2.05, 4.69) is 22.2 Å². The molecular weight excluding hydrogens is 206 g/mol. The maximum absolute atomic E-state index is 5.29. The summed E-state index contributed by atoms with van der Waals surface area (Å²) in [6.07, 6.45) is 2.60. The molecule has 0 aromatic carbocycles. The van der Waals surface area contributed by atoms with Gasteiger partial charge in [-0.3, -0.25) is 0 Å². The summed E-state index contributed by atoms with van der Waals surface area (Å²) < 4.78 is 10.3. The summed E-state index contributed by atoms with van der Waals surface area (Å²) in [7, 11) is 1.69. The highest BCUT2D eigenvalue weighted by Crippen LogP contribution is 2.09. The van der Waals surface area contributed by atoms with Crippen LogP contribution in [0.15, 0.2) is 12.3 Å². The Hall–Kier alpha value is -1.36. The number of nitrogens with zero attached hydrogens (tertiary/aromatic N) is 2. The van der Waals surface area contributed by atoms with Crippen LogP contribution in [-0.4, -0.2) is 36.3 Å². The molecule has 0 spiro atoms. The Bertz CT molecular complexity index is 307. The zero-order valence-corrected chi connectivity index (χ0v) is 10.1. The van der Waals surface area contributed by atoms with Gasteiger partial charge in [0.15, 0.2) is 0 Å². The van der Waals surface area contributed by atoms with Gasteiger partial charge in [0.05, 0.1) is 6.61 Å². The number of nitrogens with one attached hydrogen (secondary N) is 1. The van der Waals surface area contributed by atoms with Crippen LogP contribution in [0, 0.1) is 0 Å². The third-order valence-electron chi connectivity index (χ3n) is 2.05. The summed E-state index contributed by atoms with van der Waals surface area (Å²) in [6.45, 7) is 5.32. The van der Waals surface area contributed by atoms with Gasteiger partial charge in [-0.15, -0.1) is 0 Å². The molecule has 0 aliphatic carbocycles. The summed E-state index contributed by atoms with van der Waals surface area (Å²) in [5.41, 5.74) is 0. The lowest BCUT2D eigenvalue weighted by molar-refractivity contribution is 0.191. The van der Waals surface area contributed by atoms with E-state index >= 15 is 0 Å². The van der Waals surface area contributed by atoms with E-state index in [1.807, 2.05) is 6.92 Å². The fourth-order valence-electron chi connectivity index (χ4n) is 1.23. The largest absolute Gasteiger partial charge is 0.478 e. The Kier molecular flexibility index (Phi) is 5.56. The van der Waals surface area contributed by atoms with E-state index in [0.717, 1.165) is 13.0 Å². The van der Waals surface area contributed by atoms with Gasteiger partial charge in [0, 0.05) is 32.0 Å². The minimum atomic E-state index is 0.275. The Balaban J connectivity index is 2.49. The van der Waals surface area contributed by atoms with Crippen molar-refractivity contribution < 1.29 is 9.47 Å². The lowest BCUT2D eigenvalue weighted by Crippen LogP contribution is -2.18. The molecule has 0 aliphatic heterocycles. The highest BCUT2D eigenvalue weighted by Gasteiger charge is 2.04. The van der Waals surface area contributed by atoms with E-state index in [0.29, 0.717) is 18.4 Å². The normalized spacial score (nSPS) is 12.2. The molecule has 0 radical (unpaired) electrons. The van der Waals surface area contributed by atoms with Gasteiger partial charge in [0.1, 0.15) is 0 Å². The van der Waals surface area contributed by atoms with E-state index in [1.165, 1.54) is 0 Å². The molecule has 0 amide bonds. The monoisotopic (exact) mass is 225 g/mol. The molecule has 1 atom stereocenters. The van der Waals surface area contributed by atoms with Crippen LogP contribution in [0.3, 0.4) is 0 Å². The minimum Gasteiger partial charge on any atom is -0.478 e. The maximum Gasteiger partial charge on any atom is 0.226 e. The van der Waals surface area contributed by atoms with Gasteiger partial charge < -0.3 is 14.8 Å². The van der Waals surface area contributed by atoms with Crippen molar-refractivity contribution in [3.8, 4) is 5.88 Å². The van der Waals surface area contributed by atoms with Gasteiger partial charge in [-0.25, -0.2) is 4.98 Å². The first kappa shape index (κ1) is 12.7. The van der Waals surface area contributed by atoms with Crippen molar-refractivity contribution in [3.05, 3.63) is 12.3 Å². The first-order valence-corrected chi connectivity index (χ1v) is 5.47. The summed E-state index contributed by atoms with van der Waals surface area (Å²) >= 11 is 0. The molecule has 5 nitrogen and oxygen atoms in total. The van der Waals surface area contributed by atoms with Crippen LogP contribution in [0.25, 0.3) is 0 Å². The minimum absolute atomic E-state index is 0.275. The highest BCUT2D eigenvalue weighted by atomic mass is 16.5. The molecule has 0 aliphatic rings. The van der Waals surface area contributed by atoms with Crippen molar-refractivity contribution in [2.75, 3.05) is 25.6 Å². The van der Waals surface area contributed by atoms with E-state index in [1.54, 1.807) is 19.4 Å². The number of aromatic nitrogens is 2. The van der Waals surface area contributed by atoms with Crippen molar-refractivity contribution in [2.45, 2.75) is 26.3 Å². The van der Waals surface area contributed by atoms with Gasteiger partial charge in [0.2, 0.25) is 11.8 Å². The molecule has 1 N–H and O–H groups in total. The molecule has 90 valence electrons. The highest BCUT2D eigenvalue weighted by molar-refractivity contribution is 5.28. The van der Waals surface area contributed by atoms with E-state index in [4.69, 9.17) is 9.47 Å². The number of hydrogen-bond acceptors (Lipinski definition) is 5. The standard InChI is InChI=1S/C11H19N3O2/c1-4-16-10-5-7-12-11(14-10)13-9(2)6-8-15-3/h5,7,9H,4,6,8H2,1-3H3,(H,12,13,14). The van der Waals surface area contributed by atoms with Crippen molar-refractivity contribution in [1.82, 2.24) is 9.97 Å². The van der Waals surface area contributed by atoms with Crippen LogP contribution in [0.4, 0.5) is 5.95 Å². The molecule has 0 bridgehead atoms. The van der Waals surface area contributed by atoms with Crippen molar-refractivity contribution in [1.29, 1.82) is 0 Å². The topological polar surface area (TPSA) is 56.3 Å². The maximum atomic E-state index is 5.29. The van der Waals surface area contributed by atoms with Crippen molar-refractivity contribution >= 4 is 5.95 Å². The fourth-order valence-corrected chi connectivity index (χ4v) is 1.23. The van der Waals surface area contributed by atoms with Crippen molar-refractivity contribution in [3.63, 3.8) is 0 Å². The van der Waals surface area contributed by atoms with Crippen LogP contribution >= 0.6 is 0 Å². The van der Waals surface area contributed by atoms with E-state index in [-0.39, 0.29) is 6.04 Å². The molecule has 16 heavy (non-hydrogen) atoms. The van der Waals surface area contributed by atoms with Crippen LogP contribution < -0.4 is 10.1 Å². The smallest absolute Gasteiger partial charge is 0.226 e. The third-order valence-corrected chi connectivity index (χ3v) is 2.05. The molecule has 1 heterocycles. The Morgan fingerprint density at radius 1 is 1.50 bits per heavy atom. The van der Waals surface area contributed by atoms with Gasteiger partial charge in [-0.2, -0.15) is 4.98 Å². The fraction of sp³-hybridized carbons (Fsp3) is 0.636. The van der Waals surface area contributed by atoms with Crippen LogP contribution in [0.2, 0.25) is 0 Å². The van der Waals surface area contributed by atoms with Gasteiger partial charge in [-0.1, -0.05) is 0 Å². The Morgan fingerprint density at radius 2 is 2.31 bits per heavy atom. The summed E-state index contributed by atoms with van der Waals surface area (Å²) in [4.78, 5) is 8.35. The number of rotatable bonds is 7. The van der Waals surface area contributed by atoms with E-state index in [9.17, 15) is 0 Å². The summed E-state index contributed by atoms with van der Waals surface area (Å²) in [5, 5.41) is 3.19. The number of hydrogen-bond donors (Lipinski definition) is 1. The SMILES string of the molecule is CCOc1ccnc(NC(C)CCOC)n1. The van der Waals surface area contributed by atoms with Gasteiger partial charge >= 0.3 is 0 Å². The molecular formula is C11H19N3O2. The summed E-state index contributed by atoms with van der Waals surface area (Å²) in [6, 6.07) is 2.02. The first-order valence-electron chi connectivity index (χ1n) is 5.47. The lowest BCUT2D eigenvalue weighted by atomic mass is 10.2. The molecule has 0 saturated heterocycles. The quantitative estimate of drug-likeness (QED) is 0.765. The number of anilines is 1. The molecule has 1 rings (SSSR count). The zero-order valence-electron chi connectivity index (χ0n) is 10.1.